The number of unbranched alkanes of at least 4 members (excludes halogenated alkanes) is 2. The Hall–Kier alpha value is -1.61. The molecule has 0 saturated heterocycles. The van der Waals surface area contributed by atoms with Gasteiger partial charge >= 0.3 is 0 Å². The molecule has 2 aliphatic carbocycles. The Morgan fingerprint density at radius 2 is 1.69 bits per heavy atom. The Balaban J connectivity index is 1.56. The van der Waals surface area contributed by atoms with E-state index in [0.29, 0.717) is 23.7 Å². The lowest BCUT2D eigenvalue weighted by Gasteiger charge is -2.32. The van der Waals surface area contributed by atoms with Crippen LogP contribution in [-0.4, -0.2) is 6.61 Å². The van der Waals surface area contributed by atoms with Crippen LogP contribution in [0.15, 0.2) is 18.2 Å². The molecule has 4 rings (SSSR count). The highest BCUT2D eigenvalue weighted by Crippen LogP contribution is 2.55. The molecule has 0 atom stereocenters. The average molecular weight is 419 g/mol. The molecule has 0 bridgehead atoms. The summed E-state index contributed by atoms with van der Waals surface area (Å²) in [5.41, 5.74) is 3.04. The lowest BCUT2D eigenvalue weighted by Crippen LogP contribution is -2.15. The molecule has 0 aromatic heterocycles. The first-order valence-corrected chi connectivity index (χ1v) is 11.4. The maximum absolute atomic E-state index is 15.2. The summed E-state index contributed by atoms with van der Waals surface area (Å²) >= 11 is 6.47. The zero-order valence-corrected chi connectivity index (χ0v) is 18.0. The molecule has 1 nitrogen and oxygen atoms in total. The van der Waals surface area contributed by atoms with Crippen LogP contribution < -0.4 is 4.74 Å². The third-order valence-corrected chi connectivity index (χ3v) is 7.07. The number of hydrogen-bond donors (Lipinski definition) is 0. The molecule has 1 fully saturated rings. The molecular formula is C25H29ClF2O. The molecule has 2 aliphatic rings. The fraction of sp³-hybridized carbons (Fsp3) is 0.520. The van der Waals surface area contributed by atoms with Crippen molar-refractivity contribution in [3.63, 3.8) is 0 Å². The van der Waals surface area contributed by atoms with Crippen molar-refractivity contribution >= 4 is 11.6 Å². The Bertz CT molecular complexity index is 900. The number of rotatable bonds is 7. The summed E-state index contributed by atoms with van der Waals surface area (Å²) < 4.78 is 35.3. The summed E-state index contributed by atoms with van der Waals surface area (Å²) in [7, 11) is 0. The molecule has 1 saturated carbocycles. The van der Waals surface area contributed by atoms with Crippen LogP contribution in [0.3, 0.4) is 0 Å². The van der Waals surface area contributed by atoms with Crippen molar-refractivity contribution < 1.29 is 13.5 Å². The molecule has 0 aliphatic heterocycles. The molecule has 0 heterocycles. The minimum atomic E-state index is -0.493. The van der Waals surface area contributed by atoms with Gasteiger partial charge in [-0.25, -0.2) is 8.78 Å². The van der Waals surface area contributed by atoms with E-state index in [2.05, 4.69) is 6.92 Å². The van der Waals surface area contributed by atoms with E-state index in [4.69, 9.17) is 16.3 Å². The molecule has 29 heavy (non-hydrogen) atoms. The van der Waals surface area contributed by atoms with E-state index in [1.165, 1.54) is 38.5 Å². The average Bonchev–Trinajstić information content (AvgIpc) is 2.71. The van der Waals surface area contributed by atoms with E-state index >= 15 is 4.39 Å². The third kappa shape index (κ3) is 3.67. The molecule has 0 radical (unpaired) electrons. The number of ether oxygens (including phenoxy) is 1. The molecular weight excluding hydrogens is 390 g/mol. The summed E-state index contributed by atoms with van der Waals surface area (Å²) in [6.45, 7) is 4.40. The second kappa shape index (κ2) is 8.63. The van der Waals surface area contributed by atoms with Gasteiger partial charge in [-0.15, -0.1) is 0 Å². The van der Waals surface area contributed by atoms with E-state index in [1.807, 2.05) is 12.1 Å². The maximum Gasteiger partial charge on any atom is 0.173 e. The third-order valence-electron chi connectivity index (χ3n) is 6.68. The van der Waals surface area contributed by atoms with E-state index in [9.17, 15) is 4.39 Å². The molecule has 0 spiro atoms. The van der Waals surface area contributed by atoms with Crippen LogP contribution >= 0.6 is 11.6 Å². The fourth-order valence-electron chi connectivity index (χ4n) is 5.08. The van der Waals surface area contributed by atoms with Crippen molar-refractivity contribution in [2.24, 2.45) is 5.92 Å². The highest BCUT2D eigenvalue weighted by atomic mass is 35.5. The molecule has 0 unspecified atom stereocenters. The van der Waals surface area contributed by atoms with E-state index < -0.39 is 11.6 Å². The van der Waals surface area contributed by atoms with Crippen LogP contribution in [0.5, 0.6) is 5.75 Å². The second-order valence-corrected chi connectivity index (χ2v) is 8.84. The first-order chi connectivity index (χ1) is 14.1. The summed E-state index contributed by atoms with van der Waals surface area (Å²) in [6, 6.07) is 5.47. The summed E-state index contributed by atoms with van der Waals surface area (Å²) in [5, 5.41) is 0.171. The minimum Gasteiger partial charge on any atom is -0.491 e. The van der Waals surface area contributed by atoms with E-state index in [0.717, 1.165) is 35.4 Å². The van der Waals surface area contributed by atoms with E-state index in [1.54, 1.807) is 13.0 Å². The molecule has 2 aromatic carbocycles. The van der Waals surface area contributed by atoms with Crippen molar-refractivity contribution in [1.82, 2.24) is 0 Å². The van der Waals surface area contributed by atoms with Crippen LogP contribution in [0.25, 0.3) is 22.3 Å². The molecule has 0 amide bonds. The van der Waals surface area contributed by atoms with Gasteiger partial charge in [-0.05, 0) is 79.3 Å². The van der Waals surface area contributed by atoms with Gasteiger partial charge < -0.3 is 4.74 Å². The standard InChI is InChI=1S/C25H29ClF2O/c1-3-5-6-7-15-8-10-16(11-9-15)18-14-19-17-12-13-20(29-4-2)24(27)21(17)22(19)25(28)23(18)26/h12-16H,3-11H2,1-2H3. The summed E-state index contributed by atoms with van der Waals surface area (Å²) in [4.78, 5) is 0. The normalized spacial score (nSPS) is 20.0. The Kier molecular flexibility index (Phi) is 6.15. The van der Waals surface area contributed by atoms with Gasteiger partial charge in [0.05, 0.1) is 11.6 Å². The van der Waals surface area contributed by atoms with Gasteiger partial charge in [0.2, 0.25) is 0 Å². The van der Waals surface area contributed by atoms with Crippen LogP contribution in [0.4, 0.5) is 8.78 Å². The zero-order valence-electron chi connectivity index (χ0n) is 17.3. The molecule has 4 heteroatoms. The first-order valence-electron chi connectivity index (χ1n) is 11.0. The Morgan fingerprint density at radius 3 is 2.38 bits per heavy atom. The van der Waals surface area contributed by atoms with Gasteiger partial charge in [0.25, 0.3) is 0 Å². The van der Waals surface area contributed by atoms with Gasteiger partial charge in [-0.3, -0.25) is 0 Å². The Labute approximate surface area is 177 Å². The van der Waals surface area contributed by atoms with Crippen LogP contribution in [0.2, 0.25) is 5.02 Å². The highest BCUT2D eigenvalue weighted by molar-refractivity contribution is 6.32. The van der Waals surface area contributed by atoms with Gasteiger partial charge in [0.1, 0.15) is 0 Å². The van der Waals surface area contributed by atoms with Gasteiger partial charge in [-0.1, -0.05) is 44.2 Å². The number of halogens is 3. The van der Waals surface area contributed by atoms with Crippen molar-refractivity contribution in [3.05, 3.63) is 40.4 Å². The van der Waals surface area contributed by atoms with Gasteiger partial charge in [0.15, 0.2) is 17.4 Å². The highest BCUT2D eigenvalue weighted by Gasteiger charge is 2.35. The Morgan fingerprint density at radius 1 is 0.966 bits per heavy atom. The first kappa shape index (κ1) is 20.7. The summed E-state index contributed by atoms with van der Waals surface area (Å²) in [5.74, 6) is 0.274. The van der Waals surface area contributed by atoms with Crippen molar-refractivity contribution in [3.8, 4) is 28.0 Å². The lowest BCUT2D eigenvalue weighted by atomic mass is 9.73. The largest absolute Gasteiger partial charge is 0.491 e. The fourth-order valence-corrected chi connectivity index (χ4v) is 5.38. The smallest absolute Gasteiger partial charge is 0.173 e. The molecule has 0 N–H and O–H groups in total. The topological polar surface area (TPSA) is 9.23 Å². The van der Waals surface area contributed by atoms with Gasteiger partial charge in [-0.2, -0.15) is 0 Å². The number of hydrogen-bond acceptors (Lipinski definition) is 1. The van der Waals surface area contributed by atoms with Crippen LogP contribution in [0, 0.1) is 17.6 Å². The minimum absolute atomic E-state index is 0.165. The quantitative estimate of drug-likeness (QED) is 0.349. The van der Waals surface area contributed by atoms with Gasteiger partial charge in [0, 0.05) is 11.1 Å². The number of benzene rings is 2. The predicted octanol–water partition coefficient (Wildman–Crippen LogP) is 8.52. The molecule has 2 aromatic rings. The van der Waals surface area contributed by atoms with Crippen LogP contribution in [-0.2, 0) is 0 Å². The summed E-state index contributed by atoms with van der Waals surface area (Å²) in [6.07, 6.45) is 9.67. The maximum atomic E-state index is 15.2. The lowest BCUT2D eigenvalue weighted by molar-refractivity contribution is 0.302. The van der Waals surface area contributed by atoms with E-state index in [-0.39, 0.29) is 10.8 Å². The van der Waals surface area contributed by atoms with Crippen molar-refractivity contribution in [2.75, 3.05) is 6.61 Å². The van der Waals surface area contributed by atoms with Crippen molar-refractivity contribution in [2.45, 2.75) is 71.1 Å². The second-order valence-electron chi connectivity index (χ2n) is 8.46. The van der Waals surface area contributed by atoms with Crippen LogP contribution in [0.1, 0.15) is 76.7 Å². The predicted molar refractivity (Wildman–Crippen MR) is 116 cm³/mol. The number of fused-ring (bicyclic) bond motifs is 4. The monoisotopic (exact) mass is 418 g/mol. The molecule has 156 valence electrons. The van der Waals surface area contributed by atoms with Crippen molar-refractivity contribution in [1.29, 1.82) is 0 Å². The zero-order chi connectivity index (χ0) is 20.5. The SMILES string of the molecule is CCCCCC1CCC(c2cc3c(c(F)c2Cl)-c2c-3ccc(OCC)c2F)CC1.